The summed E-state index contributed by atoms with van der Waals surface area (Å²) < 4.78 is 0. The molecule has 3 nitrogen and oxygen atoms in total. The van der Waals surface area contributed by atoms with Gasteiger partial charge in [0.05, 0.1) is 6.61 Å². The van der Waals surface area contributed by atoms with Crippen LogP contribution in [0, 0.1) is 0 Å². The minimum absolute atomic E-state index is 0.0660. The van der Waals surface area contributed by atoms with Crippen LogP contribution in [0.3, 0.4) is 0 Å². The van der Waals surface area contributed by atoms with Crippen molar-refractivity contribution in [2.24, 2.45) is 0 Å². The second-order valence-electron chi connectivity index (χ2n) is 4.47. The normalized spacial score (nSPS) is 26.8. The lowest BCUT2D eigenvalue weighted by Crippen LogP contribution is -2.38. The zero-order chi connectivity index (χ0) is 11.0. The second-order valence-corrected chi connectivity index (χ2v) is 4.47. The van der Waals surface area contributed by atoms with Gasteiger partial charge in [-0.05, 0) is 12.8 Å². The quantitative estimate of drug-likeness (QED) is 0.479. The molecule has 1 fully saturated rings. The zero-order valence-electron chi connectivity index (χ0n) is 10.1. The van der Waals surface area contributed by atoms with Gasteiger partial charge < -0.3 is 0 Å². The Labute approximate surface area is 92.9 Å². The smallest absolute Gasteiger partial charge is 0.109 e. The van der Waals surface area contributed by atoms with Crippen molar-refractivity contribution in [2.45, 2.75) is 70.8 Å². The van der Waals surface area contributed by atoms with Crippen LogP contribution in [0.4, 0.5) is 0 Å². The van der Waals surface area contributed by atoms with Crippen LogP contribution in [0.25, 0.3) is 0 Å². The van der Waals surface area contributed by atoms with E-state index in [0.717, 1.165) is 19.3 Å². The summed E-state index contributed by atoms with van der Waals surface area (Å²) in [4.78, 5) is 10.2. The van der Waals surface area contributed by atoms with Crippen molar-refractivity contribution in [3.05, 3.63) is 0 Å². The van der Waals surface area contributed by atoms with Crippen LogP contribution in [-0.4, -0.2) is 12.2 Å². The maximum atomic E-state index is 5.39. The van der Waals surface area contributed by atoms with E-state index < -0.39 is 0 Å². The summed E-state index contributed by atoms with van der Waals surface area (Å²) in [5, 5.41) is 4.71. The molecule has 0 aromatic heterocycles. The fourth-order valence-electron chi connectivity index (χ4n) is 2.05. The molecule has 0 aromatic rings. The van der Waals surface area contributed by atoms with Gasteiger partial charge in [-0.3, -0.25) is 0 Å². The molecule has 0 aromatic carbocycles. The summed E-state index contributed by atoms with van der Waals surface area (Å²) >= 11 is 0. The van der Waals surface area contributed by atoms with Crippen molar-refractivity contribution in [3.8, 4) is 0 Å². The minimum atomic E-state index is -0.0660. The van der Waals surface area contributed by atoms with Gasteiger partial charge in [-0.1, -0.05) is 51.0 Å². The molecule has 0 spiro atoms. The molecule has 1 heterocycles. The van der Waals surface area contributed by atoms with Gasteiger partial charge in [0, 0.05) is 6.42 Å². The molecule has 90 valence electrons. The maximum absolute atomic E-state index is 5.39. The van der Waals surface area contributed by atoms with Gasteiger partial charge in [-0.2, -0.15) is 4.89 Å². The summed E-state index contributed by atoms with van der Waals surface area (Å²) in [6.45, 7) is 5.09. The third-order valence-electron chi connectivity index (χ3n) is 3.12. The molecule has 15 heavy (non-hydrogen) atoms. The highest BCUT2D eigenvalue weighted by Gasteiger charge is 2.34. The van der Waals surface area contributed by atoms with Gasteiger partial charge in [0.2, 0.25) is 0 Å². The van der Waals surface area contributed by atoms with E-state index in [-0.39, 0.29) is 5.60 Å². The van der Waals surface area contributed by atoms with Crippen LogP contribution in [-0.2, 0) is 14.8 Å². The lowest BCUT2D eigenvalue weighted by Gasteiger charge is -2.34. The van der Waals surface area contributed by atoms with Gasteiger partial charge in [0.25, 0.3) is 0 Å². The molecule has 0 radical (unpaired) electrons. The molecule has 1 aliphatic heterocycles. The Morgan fingerprint density at radius 2 is 1.73 bits per heavy atom. The largest absolute Gasteiger partial charge is 0.206 e. The number of hydrogen-bond donors (Lipinski definition) is 0. The average Bonchev–Trinajstić information content (AvgIpc) is 2.28. The van der Waals surface area contributed by atoms with E-state index in [1.807, 2.05) is 0 Å². The maximum Gasteiger partial charge on any atom is 0.109 e. The molecule has 0 amide bonds. The minimum Gasteiger partial charge on any atom is -0.206 e. The molecule has 1 rings (SSSR count). The van der Waals surface area contributed by atoms with Crippen LogP contribution >= 0.6 is 0 Å². The Balaban J connectivity index is 2.35. The van der Waals surface area contributed by atoms with Crippen LogP contribution in [0.15, 0.2) is 0 Å². The highest BCUT2D eigenvalue weighted by molar-refractivity contribution is 4.80. The van der Waals surface area contributed by atoms with Gasteiger partial charge in [0.1, 0.15) is 5.60 Å². The molecule has 1 aliphatic rings. The Bertz CT molecular complexity index is 153. The molecule has 3 heteroatoms. The average molecular weight is 216 g/mol. The number of unbranched alkanes of at least 4 members (excludes halogenated alkanes) is 3. The van der Waals surface area contributed by atoms with E-state index in [1.165, 1.54) is 32.1 Å². The van der Waals surface area contributed by atoms with Crippen molar-refractivity contribution in [2.75, 3.05) is 6.61 Å². The highest BCUT2D eigenvalue weighted by atomic mass is 17.5. The van der Waals surface area contributed by atoms with Crippen LogP contribution in [0.1, 0.15) is 65.2 Å². The van der Waals surface area contributed by atoms with Crippen molar-refractivity contribution in [1.82, 2.24) is 0 Å². The van der Waals surface area contributed by atoms with Gasteiger partial charge in [0.15, 0.2) is 0 Å². The summed E-state index contributed by atoms with van der Waals surface area (Å²) in [6, 6.07) is 0. The second kappa shape index (κ2) is 7.20. The predicted octanol–water partition coefficient (Wildman–Crippen LogP) is 3.78. The molecule has 0 N–H and O–H groups in total. The van der Waals surface area contributed by atoms with Gasteiger partial charge in [-0.25, -0.2) is 4.89 Å². The standard InChI is InChI=1S/C12H24O3/c1-3-5-7-9-12(8-6-4-2)10-11-13-15-14-12/h3-11H2,1-2H3. The van der Waals surface area contributed by atoms with E-state index in [2.05, 4.69) is 13.8 Å². The van der Waals surface area contributed by atoms with Gasteiger partial charge >= 0.3 is 0 Å². The fraction of sp³-hybridized carbons (Fsp3) is 1.00. The third-order valence-corrected chi connectivity index (χ3v) is 3.12. The molecule has 0 saturated carbocycles. The summed E-state index contributed by atoms with van der Waals surface area (Å²) in [7, 11) is 0. The van der Waals surface area contributed by atoms with E-state index in [4.69, 9.17) is 14.8 Å². The first-order valence-corrected chi connectivity index (χ1v) is 6.30. The molecule has 1 atom stereocenters. The van der Waals surface area contributed by atoms with Crippen molar-refractivity contribution in [3.63, 3.8) is 0 Å². The summed E-state index contributed by atoms with van der Waals surface area (Å²) in [6.07, 6.45) is 9.33. The van der Waals surface area contributed by atoms with Gasteiger partial charge in [-0.15, -0.1) is 0 Å². The van der Waals surface area contributed by atoms with Crippen molar-refractivity contribution in [1.29, 1.82) is 0 Å². The fourth-order valence-corrected chi connectivity index (χ4v) is 2.05. The van der Waals surface area contributed by atoms with E-state index in [0.29, 0.717) is 6.61 Å². The van der Waals surface area contributed by atoms with Crippen molar-refractivity contribution >= 4 is 0 Å². The summed E-state index contributed by atoms with van der Waals surface area (Å²) in [5.74, 6) is 0. The Hall–Kier alpha value is -0.120. The van der Waals surface area contributed by atoms with Crippen LogP contribution < -0.4 is 0 Å². The summed E-state index contributed by atoms with van der Waals surface area (Å²) in [5.41, 5.74) is -0.0660. The number of hydrogen-bond acceptors (Lipinski definition) is 3. The Morgan fingerprint density at radius 1 is 1.00 bits per heavy atom. The molecule has 1 saturated heterocycles. The van der Waals surface area contributed by atoms with Crippen LogP contribution in [0.2, 0.25) is 0 Å². The highest BCUT2D eigenvalue weighted by Crippen LogP contribution is 2.32. The lowest BCUT2D eigenvalue weighted by molar-refractivity contribution is -0.570. The predicted molar refractivity (Wildman–Crippen MR) is 59.1 cm³/mol. The SMILES string of the molecule is CCCCCC1(CCCC)CCOOO1. The van der Waals surface area contributed by atoms with Crippen LogP contribution in [0.5, 0.6) is 0 Å². The van der Waals surface area contributed by atoms with E-state index >= 15 is 0 Å². The zero-order valence-corrected chi connectivity index (χ0v) is 10.1. The first-order valence-electron chi connectivity index (χ1n) is 6.30. The third kappa shape index (κ3) is 4.49. The Morgan fingerprint density at radius 3 is 2.33 bits per heavy atom. The molecule has 1 unspecified atom stereocenters. The molecular weight excluding hydrogens is 192 g/mol. The topological polar surface area (TPSA) is 27.7 Å². The first-order chi connectivity index (χ1) is 7.33. The molecule has 0 bridgehead atoms. The van der Waals surface area contributed by atoms with Crippen molar-refractivity contribution < 1.29 is 14.8 Å². The Kier molecular flexibility index (Phi) is 6.22. The van der Waals surface area contributed by atoms with E-state index in [1.54, 1.807) is 0 Å². The lowest BCUT2D eigenvalue weighted by atomic mass is 9.87. The first kappa shape index (κ1) is 12.9. The van der Waals surface area contributed by atoms with E-state index in [9.17, 15) is 0 Å². The molecule has 0 aliphatic carbocycles. The number of rotatable bonds is 7. The monoisotopic (exact) mass is 216 g/mol. The molecular formula is C12H24O3.